The van der Waals surface area contributed by atoms with Gasteiger partial charge in [-0.1, -0.05) is 64.5 Å². The van der Waals surface area contributed by atoms with Crippen LogP contribution >= 0.6 is 15.9 Å². The summed E-state index contributed by atoms with van der Waals surface area (Å²) in [6, 6.07) is 25.2. The summed E-state index contributed by atoms with van der Waals surface area (Å²) < 4.78 is 6.60. The number of nitrogens with one attached hydrogen (secondary N) is 1. The molecule has 1 atom stereocenters. The van der Waals surface area contributed by atoms with Crippen LogP contribution < -0.4 is 5.43 Å². The lowest BCUT2D eigenvalue weighted by molar-refractivity contribution is 0.0400. The molecular formula is C22H17BrN2O2. The number of halogens is 1. The minimum Gasteiger partial charge on any atom is -0.453 e. The Morgan fingerprint density at radius 1 is 0.963 bits per heavy atom. The molecule has 4 rings (SSSR count). The monoisotopic (exact) mass is 420 g/mol. The van der Waals surface area contributed by atoms with Crippen LogP contribution in [0.4, 0.5) is 5.69 Å². The van der Waals surface area contributed by atoms with Crippen LogP contribution in [0.15, 0.2) is 88.4 Å². The highest BCUT2D eigenvalue weighted by Crippen LogP contribution is 2.34. The van der Waals surface area contributed by atoms with Crippen molar-refractivity contribution in [3.63, 3.8) is 0 Å². The molecule has 3 aromatic rings. The van der Waals surface area contributed by atoms with Crippen molar-refractivity contribution in [2.45, 2.75) is 12.5 Å². The van der Waals surface area contributed by atoms with Gasteiger partial charge in [0.1, 0.15) is 6.10 Å². The highest BCUT2D eigenvalue weighted by atomic mass is 79.9. The third kappa shape index (κ3) is 3.93. The van der Waals surface area contributed by atoms with E-state index in [1.807, 2.05) is 72.8 Å². The molecule has 0 unspecified atom stereocenters. The van der Waals surface area contributed by atoms with Crippen LogP contribution in [0.1, 0.15) is 34.0 Å². The Bertz CT molecular complexity index is 985. The van der Waals surface area contributed by atoms with Gasteiger partial charge in [0.15, 0.2) is 0 Å². The van der Waals surface area contributed by atoms with Crippen LogP contribution in [0.25, 0.3) is 0 Å². The average molecular weight is 421 g/mol. The second-order valence-electron chi connectivity index (χ2n) is 6.23. The number of benzene rings is 3. The first-order valence-corrected chi connectivity index (χ1v) is 9.43. The Morgan fingerprint density at radius 2 is 1.67 bits per heavy atom. The third-order valence-corrected chi connectivity index (χ3v) is 4.96. The fourth-order valence-corrected chi connectivity index (χ4v) is 3.33. The maximum atomic E-state index is 12.1. The van der Waals surface area contributed by atoms with Gasteiger partial charge in [0.2, 0.25) is 0 Å². The lowest BCUT2D eigenvalue weighted by Gasteiger charge is -2.14. The first-order valence-electron chi connectivity index (χ1n) is 8.64. The number of nitrogens with zero attached hydrogens (tertiary/aromatic N) is 1. The van der Waals surface area contributed by atoms with Gasteiger partial charge in [0, 0.05) is 16.5 Å². The van der Waals surface area contributed by atoms with Crippen LogP contribution in [-0.4, -0.2) is 11.7 Å². The quantitative estimate of drug-likeness (QED) is 0.333. The highest BCUT2D eigenvalue weighted by molar-refractivity contribution is 9.10. The summed E-state index contributed by atoms with van der Waals surface area (Å²) in [5.74, 6) is -0.276. The minimum atomic E-state index is -0.339. The molecule has 0 aromatic heterocycles. The van der Waals surface area contributed by atoms with Crippen molar-refractivity contribution in [3.05, 3.63) is 100 Å². The molecule has 3 aromatic carbocycles. The summed E-state index contributed by atoms with van der Waals surface area (Å²) in [7, 11) is 0. The summed E-state index contributed by atoms with van der Waals surface area (Å²) in [6.45, 7) is 0. The van der Waals surface area contributed by atoms with E-state index in [-0.39, 0.29) is 12.1 Å². The van der Waals surface area contributed by atoms with E-state index in [4.69, 9.17) is 4.74 Å². The SMILES string of the molecule is O=C1O[C@@H](C/C(=N\Nc2ccccc2)c2ccc(Br)cc2)c2ccccc21. The molecule has 134 valence electrons. The maximum Gasteiger partial charge on any atom is 0.339 e. The van der Waals surface area contributed by atoms with Crippen LogP contribution in [0.5, 0.6) is 0 Å². The van der Waals surface area contributed by atoms with Crippen LogP contribution in [0, 0.1) is 0 Å². The number of hydrazone groups is 1. The number of para-hydroxylation sites is 1. The predicted molar refractivity (Wildman–Crippen MR) is 110 cm³/mol. The van der Waals surface area contributed by atoms with Crippen molar-refractivity contribution in [1.82, 2.24) is 0 Å². The Kier molecular flexibility index (Phi) is 5.03. The van der Waals surface area contributed by atoms with E-state index in [1.165, 1.54) is 0 Å². The lowest BCUT2D eigenvalue weighted by atomic mass is 9.98. The number of ether oxygens (including phenoxy) is 1. The fourth-order valence-electron chi connectivity index (χ4n) is 3.06. The van der Waals surface area contributed by atoms with Gasteiger partial charge in [-0.15, -0.1) is 0 Å². The molecule has 0 amide bonds. The molecule has 0 radical (unpaired) electrons. The number of anilines is 1. The first kappa shape index (κ1) is 17.5. The standard InChI is InChI=1S/C22H17BrN2O2/c23-16-12-10-15(11-13-16)20(25-24-17-6-2-1-3-7-17)14-21-18-8-4-5-9-19(18)22(26)27-21/h1-13,21,24H,14H2/b25-20+/t21-/m0/s1. The molecule has 1 heterocycles. The molecule has 0 saturated carbocycles. The summed E-state index contributed by atoms with van der Waals surface area (Å²) in [6.07, 6.45) is 0.151. The van der Waals surface area contributed by atoms with Crippen molar-refractivity contribution in [2.75, 3.05) is 5.43 Å². The second kappa shape index (κ2) is 7.76. The topological polar surface area (TPSA) is 50.7 Å². The van der Waals surface area contributed by atoms with Gasteiger partial charge in [-0.2, -0.15) is 5.10 Å². The largest absolute Gasteiger partial charge is 0.453 e. The van der Waals surface area contributed by atoms with Crippen LogP contribution in [-0.2, 0) is 4.74 Å². The highest BCUT2D eigenvalue weighted by Gasteiger charge is 2.31. The normalized spacial score (nSPS) is 16.0. The zero-order valence-corrected chi connectivity index (χ0v) is 16.0. The molecule has 1 aliphatic rings. The molecule has 0 aliphatic carbocycles. The van der Waals surface area contributed by atoms with Gasteiger partial charge in [0.25, 0.3) is 0 Å². The molecule has 0 spiro atoms. The molecular weight excluding hydrogens is 404 g/mol. The Hall–Kier alpha value is -2.92. The Morgan fingerprint density at radius 3 is 2.44 bits per heavy atom. The maximum absolute atomic E-state index is 12.1. The summed E-state index contributed by atoms with van der Waals surface area (Å²) in [5.41, 5.74) is 7.34. The number of cyclic esters (lactones) is 1. The number of rotatable bonds is 5. The average Bonchev–Trinajstić information content (AvgIpc) is 3.02. The van der Waals surface area contributed by atoms with Crippen molar-refractivity contribution in [1.29, 1.82) is 0 Å². The van der Waals surface area contributed by atoms with Crippen molar-refractivity contribution >= 4 is 33.3 Å². The van der Waals surface area contributed by atoms with E-state index < -0.39 is 0 Å². The van der Waals surface area contributed by atoms with Gasteiger partial charge < -0.3 is 4.74 Å². The fraction of sp³-hybridized carbons (Fsp3) is 0.0909. The van der Waals surface area contributed by atoms with Gasteiger partial charge in [0.05, 0.1) is 17.0 Å². The zero-order chi connectivity index (χ0) is 18.6. The van der Waals surface area contributed by atoms with Crippen LogP contribution in [0.2, 0.25) is 0 Å². The smallest absolute Gasteiger partial charge is 0.339 e. The van der Waals surface area contributed by atoms with Crippen molar-refractivity contribution in [2.24, 2.45) is 5.10 Å². The minimum absolute atomic E-state index is 0.276. The molecule has 5 heteroatoms. The number of hydrogen-bond donors (Lipinski definition) is 1. The molecule has 0 saturated heterocycles. The summed E-state index contributed by atoms with van der Waals surface area (Å²) in [5, 5.41) is 4.62. The van der Waals surface area contributed by atoms with E-state index in [0.717, 1.165) is 27.0 Å². The van der Waals surface area contributed by atoms with Gasteiger partial charge in [-0.25, -0.2) is 4.79 Å². The van der Waals surface area contributed by atoms with Crippen molar-refractivity contribution in [3.8, 4) is 0 Å². The molecule has 1 aliphatic heterocycles. The molecule has 1 N–H and O–H groups in total. The molecule has 27 heavy (non-hydrogen) atoms. The number of carbonyl (C=O) groups is 1. The van der Waals surface area contributed by atoms with E-state index in [9.17, 15) is 4.79 Å². The predicted octanol–water partition coefficient (Wildman–Crippen LogP) is 5.57. The van der Waals surface area contributed by atoms with Crippen molar-refractivity contribution < 1.29 is 9.53 Å². The molecule has 0 fully saturated rings. The zero-order valence-electron chi connectivity index (χ0n) is 14.4. The first-order chi connectivity index (χ1) is 13.2. The molecule has 4 nitrogen and oxygen atoms in total. The van der Waals surface area contributed by atoms with E-state index >= 15 is 0 Å². The van der Waals surface area contributed by atoms with Gasteiger partial charge in [-0.3, -0.25) is 5.43 Å². The number of fused-ring (bicyclic) bond motifs is 1. The van der Waals surface area contributed by atoms with Gasteiger partial charge in [-0.05, 0) is 35.9 Å². The number of carbonyl (C=O) groups excluding carboxylic acids is 1. The Balaban J connectivity index is 1.64. The third-order valence-electron chi connectivity index (χ3n) is 4.43. The van der Waals surface area contributed by atoms with Gasteiger partial charge >= 0.3 is 5.97 Å². The number of hydrogen-bond acceptors (Lipinski definition) is 4. The Labute approximate surface area is 166 Å². The lowest BCUT2D eigenvalue weighted by Crippen LogP contribution is -2.11. The van der Waals surface area contributed by atoms with E-state index in [1.54, 1.807) is 6.07 Å². The second-order valence-corrected chi connectivity index (χ2v) is 7.14. The summed E-state index contributed by atoms with van der Waals surface area (Å²) in [4.78, 5) is 12.1. The van der Waals surface area contributed by atoms with E-state index in [2.05, 4.69) is 26.5 Å². The summed E-state index contributed by atoms with van der Waals surface area (Å²) >= 11 is 3.46. The number of esters is 1. The van der Waals surface area contributed by atoms with E-state index in [0.29, 0.717) is 12.0 Å². The molecule has 0 bridgehead atoms. The van der Waals surface area contributed by atoms with Crippen LogP contribution in [0.3, 0.4) is 0 Å².